The van der Waals surface area contributed by atoms with Crippen molar-refractivity contribution < 1.29 is 19.1 Å². The number of hydrogen-bond acceptors (Lipinski definition) is 5. The van der Waals surface area contributed by atoms with Crippen LogP contribution in [0.2, 0.25) is 0 Å². The van der Waals surface area contributed by atoms with E-state index in [1.54, 1.807) is 6.92 Å². The molecular formula is C18H25N3O4. The van der Waals surface area contributed by atoms with Gasteiger partial charge in [-0.25, -0.2) is 4.98 Å². The summed E-state index contributed by atoms with van der Waals surface area (Å²) < 4.78 is 5.65. The van der Waals surface area contributed by atoms with E-state index in [0.29, 0.717) is 36.4 Å². The van der Waals surface area contributed by atoms with Crippen molar-refractivity contribution in [1.29, 1.82) is 0 Å². The van der Waals surface area contributed by atoms with Crippen molar-refractivity contribution in [1.82, 2.24) is 15.2 Å². The Bertz CT molecular complexity index is 682. The topological polar surface area (TPSA) is 95.7 Å². The van der Waals surface area contributed by atoms with Gasteiger partial charge in [0.05, 0.1) is 17.7 Å². The number of aryl methyl sites for hydroxylation is 1. The molecule has 2 N–H and O–H groups in total. The molecule has 2 amide bonds. The Morgan fingerprint density at radius 2 is 1.96 bits per heavy atom. The van der Waals surface area contributed by atoms with Gasteiger partial charge in [-0.15, -0.1) is 0 Å². The summed E-state index contributed by atoms with van der Waals surface area (Å²) >= 11 is 0. The number of oxazole rings is 1. The molecule has 0 radical (unpaired) electrons. The Hall–Kier alpha value is -1.89. The summed E-state index contributed by atoms with van der Waals surface area (Å²) in [6, 6.07) is 0.0368. The molecule has 0 unspecified atom stereocenters. The Morgan fingerprint density at radius 3 is 2.52 bits per heavy atom. The lowest BCUT2D eigenvalue weighted by atomic mass is 10.0. The van der Waals surface area contributed by atoms with E-state index in [-0.39, 0.29) is 24.5 Å². The smallest absolute Gasteiger partial charge is 0.289 e. The number of nitrogens with zero attached hydrogens (tertiary/aromatic N) is 2. The molecule has 0 atom stereocenters. The van der Waals surface area contributed by atoms with Crippen LogP contribution in [0.3, 0.4) is 0 Å². The Kier molecular flexibility index (Phi) is 4.06. The van der Waals surface area contributed by atoms with Crippen LogP contribution in [0.4, 0.5) is 0 Å². The molecule has 3 fully saturated rings. The fourth-order valence-corrected chi connectivity index (χ4v) is 3.54. The molecule has 0 aromatic carbocycles. The third-order valence-corrected chi connectivity index (χ3v) is 5.67. The molecule has 7 nitrogen and oxygen atoms in total. The molecule has 25 heavy (non-hydrogen) atoms. The number of aromatic nitrogens is 1. The van der Waals surface area contributed by atoms with Gasteiger partial charge >= 0.3 is 0 Å². The van der Waals surface area contributed by atoms with Gasteiger partial charge in [0, 0.05) is 25.0 Å². The summed E-state index contributed by atoms with van der Waals surface area (Å²) in [5, 5.41) is 12.4. The van der Waals surface area contributed by atoms with Crippen LogP contribution in [0.5, 0.6) is 0 Å². The summed E-state index contributed by atoms with van der Waals surface area (Å²) in [6.45, 7) is 2.98. The van der Waals surface area contributed by atoms with Crippen LogP contribution >= 0.6 is 0 Å². The highest BCUT2D eigenvalue weighted by Gasteiger charge is 2.51. The van der Waals surface area contributed by atoms with Crippen molar-refractivity contribution in [3.05, 3.63) is 17.3 Å². The SMILES string of the molecule is Cc1nc(C2CC2)oc1C(=O)NC1CCN(C(=O)C2(CO)CC2)CC1. The molecule has 3 aliphatic rings. The van der Waals surface area contributed by atoms with Crippen molar-refractivity contribution >= 4 is 11.8 Å². The molecule has 2 saturated carbocycles. The van der Waals surface area contributed by atoms with Crippen molar-refractivity contribution in [3.8, 4) is 0 Å². The van der Waals surface area contributed by atoms with Crippen LogP contribution in [-0.4, -0.2) is 52.5 Å². The van der Waals surface area contributed by atoms with Gasteiger partial charge in [-0.1, -0.05) is 0 Å². The van der Waals surface area contributed by atoms with Crippen molar-refractivity contribution in [2.75, 3.05) is 19.7 Å². The van der Waals surface area contributed by atoms with E-state index in [0.717, 1.165) is 38.5 Å². The van der Waals surface area contributed by atoms with Gasteiger partial charge in [0.1, 0.15) is 0 Å². The van der Waals surface area contributed by atoms with Crippen LogP contribution in [0.1, 0.15) is 66.6 Å². The van der Waals surface area contributed by atoms with Crippen LogP contribution in [-0.2, 0) is 4.79 Å². The average molecular weight is 347 g/mol. The molecule has 0 spiro atoms. The first-order valence-corrected chi connectivity index (χ1v) is 9.21. The first kappa shape index (κ1) is 16.6. The number of rotatable bonds is 5. The predicted molar refractivity (Wildman–Crippen MR) is 89.0 cm³/mol. The molecule has 0 bridgehead atoms. The Morgan fingerprint density at radius 1 is 1.28 bits per heavy atom. The second-order valence-corrected chi connectivity index (χ2v) is 7.72. The molecule has 136 valence electrons. The maximum Gasteiger partial charge on any atom is 0.289 e. The number of carbonyl (C=O) groups is 2. The maximum atomic E-state index is 12.5. The molecule has 1 saturated heterocycles. The fourth-order valence-electron chi connectivity index (χ4n) is 3.54. The molecule has 1 aliphatic heterocycles. The largest absolute Gasteiger partial charge is 0.435 e. The van der Waals surface area contributed by atoms with Crippen molar-refractivity contribution in [2.24, 2.45) is 5.41 Å². The molecule has 2 heterocycles. The van der Waals surface area contributed by atoms with Gasteiger partial charge in [-0.3, -0.25) is 9.59 Å². The number of hydrogen-bond donors (Lipinski definition) is 2. The number of carbonyl (C=O) groups excluding carboxylic acids is 2. The molecule has 2 aliphatic carbocycles. The first-order valence-electron chi connectivity index (χ1n) is 9.21. The Labute approximate surface area is 146 Å². The lowest BCUT2D eigenvalue weighted by Crippen LogP contribution is -2.49. The van der Waals surface area contributed by atoms with Gasteiger partial charge in [0.15, 0.2) is 5.89 Å². The zero-order valence-corrected chi connectivity index (χ0v) is 14.6. The lowest BCUT2D eigenvalue weighted by molar-refractivity contribution is -0.139. The molecule has 1 aromatic heterocycles. The summed E-state index contributed by atoms with van der Waals surface area (Å²) in [6.07, 6.45) is 5.19. The van der Waals surface area contributed by atoms with E-state index in [4.69, 9.17) is 4.42 Å². The van der Waals surface area contributed by atoms with Gasteiger partial charge in [0.2, 0.25) is 11.7 Å². The maximum absolute atomic E-state index is 12.5. The molecule has 1 aromatic rings. The number of aliphatic hydroxyl groups is 1. The zero-order chi connectivity index (χ0) is 17.6. The number of amides is 2. The minimum absolute atomic E-state index is 0.0368. The van der Waals surface area contributed by atoms with Gasteiger partial charge in [-0.2, -0.15) is 0 Å². The van der Waals surface area contributed by atoms with E-state index in [9.17, 15) is 14.7 Å². The van der Waals surface area contributed by atoms with Crippen LogP contribution in [0, 0.1) is 12.3 Å². The van der Waals surface area contributed by atoms with E-state index in [2.05, 4.69) is 10.3 Å². The highest BCUT2D eigenvalue weighted by atomic mass is 16.4. The van der Waals surface area contributed by atoms with Crippen LogP contribution < -0.4 is 5.32 Å². The highest BCUT2D eigenvalue weighted by molar-refractivity contribution is 5.92. The second kappa shape index (κ2) is 6.12. The van der Waals surface area contributed by atoms with E-state index in [1.165, 1.54) is 0 Å². The number of piperidine rings is 1. The first-order chi connectivity index (χ1) is 12.0. The van der Waals surface area contributed by atoms with Gasteiger partial charge in [-0.05, 0) is 45.4 Å². The van der Waals surface area contributed by atoms with Crippen LogP contribution in [0.15, 0.2) is 4.42 Å². The van der Waals surface area contributed by atoms with E-state index < -0.39 is 5.41 Å². The predicted octanol–water partition coefficient (Wildman–Crippen LogP) is 1.35. The van der Waals surface area contributed by atoms with E-state index >= 15 is 0 Å². The minimum atomic E-state index is -0.508. The van der Waals surface area contributed by atoms with E-state index in [1.807, 2.05) is 4.90 Å². The minimum Gasteiger partial charge on any atom is -0.435 e. The monoisotopic (exact) mass is 347 g/mol. The molecular weight excluding hydrogens is 322 g/mol. The van der Waals surface area contributed by atoms with Crippen LogP contribution in [0.25, 0.3) is 0 Å². The number of aliphatic hydroxyl groups excluding tert-OH is 1. The molecule has 7 heteroatoms. The summed E-state index contributed by atoms with van der Waals surface area (Å²) in [4.78, 5) is 31.1. The third kappa shape index (κ3) is 3.17. The summed E-state index contributed by atoms with van der Waals surface area (Å²) in [5.41, 5.74) is 0.136. The lowest BCUT2D eigenvalue weighted by Gasteiger charge is -2.34. The van der Waals surface area contributed by atoms with Gasteiger partial charge < -0.3 is 19.7 Å². The molecule has 4 rings (SSSR count). The fraction of sp³-hybridized carbons (Fsp3) is 0.722. The highest BCUT2D eigenvalue weighted by Crippen LogP contribution is 2.47. The quantitative estimate of drug-likeness (QED) is 0.838. The second-order valence-electron chi connectivity index (χ2n) is 7.72. The summed E-state index contributed by atoms with van der Waals surface area (Å²) in [7, 11) is 0. The standard InChI is InChI=1S/C18H25N3O4/c1-11-14(25-16(19-11)12-2-3-12)15(23)20-13-4-8-21(9-5-13)17(24)18(10-22)6-7-18/h12-13,22H,2-10H2,1H3,(H,20,23). The summed E-state index contributed by atoms with van der Waals surface area (Å²) in [5.74, 6) is 1.24. The zero-order valence-electron chi connectivity index (χ0n) is 14.6. The van der Waals surface area contributed by atoms with Crippen molar-refractivity contribution in [2.45, 2.75) is 57.4 Å². The normalized spacial score (nSPS) is 22.7. The van der Waals surface area contributed by atoms with Gasteiger partial charge in [0.25, 0.3) is 5.91 Å². The van der Waals surface area contributed by atoms with Crippen molar-refractivity contribution in [3.63, 3.8) is 0 Å². The number of nitrogens with one attached hydrogen (secondary N) is 1. The Balaban J connectivity index is 1.31. The average Bonchev–Trinajstić information content (AvgIpc) is 3.53. The number of likely N-dealkylation sites (tertiary alicyclic amines) is 1. The third-order valence-electron chi connectivity index (χ3n) is 5.67.